The predicted octanol–water partition coefficient (Wildman–Crippen LogP) is 0.731. The fourth-order valence-corrected chi connectivity index (χ4v) is 2.84. The van der Waals surface area contributed by atoms with Crippen LogP contribution in [0.3, 0.4) is 0 Å². The van der Waals surface area contributed by atoms with Crippen LogP contribution in [0.25, 0.3) is 0 Å². The number of amides is 2. The van der Waals surface area contributed by atoms with Crippen molar-refractivity contribution in [2.24, 2.45) is 0 Å². The molecule has 0 aromatic carbocycles. The number of carbonyl (C=O) groups excluding carboxylic acids is 3. The van der Waals surface area contributed by atoms with E-state index < -0.39 is 23.3 Å². The number of rotatable bonds is 8. The van der Waals surface area contributed by atoms with E-state index in [9.17, 15) is 19.2 Å². The monoisotopic (exact) mass is 473 g/mol. The maximum absolute atomic E-state index is 12.2. The zero-order valence-electron chi connectivity index (χ0n) is 14.5. The minimum atomic E-state index is -0.694. The molecule has 2 amide bonds. The van der Waals surface area contributed by atoms with Crippen LogP contribution in [-0.2, 0) is 14.3 Å². The smallest absolute Gasteiger partial charge is 0.325 e. The minimum absolute atomic E-state index is 0.0256. The van der Waals surface area contributed by atoms with Crippen molar-refractivity contribution in [1.29, 1.82) is 0 Å². The Morgan fingerprint density at radius 3 is 2.75 bits per heavy atom. The summed E-state index contributed by atoms with van der Waals surface area (Å²) in [6.07, 6.45) is 0. The van der Waals surface area contributed by atoms with Gasteiger partial charge in [-0.1, -0.05) is 11.8 Å². The fourth-order valence-electron chi connectivity index (χ4n) is 1.84. The van der Waals surface area contributed by atoms with Gasteiger partial charge < -0.3 is 25.5 Å². The molecule has 11 nitrogen and oxygen atoms in total. The molecule has 0 spiro atoms. The number of nitrogens with two attached hydrogens (primary N) is 1. The van der Waals surface area contributed by atoms with Crippen LogP contribution in [0.5, 0.6) is 0 Å². The van der Waals surface area contributed by atoms with Crippen LogP contribution in [-0.4, -0.2) is 46.7 Å². The molecule has 0 radical (unpaired) electrons. The molecule has 0 bridgehead atoms. The van der Waals surface area contributed by atoms with E-state index in [2.05, 4.69) is 41.3 Å². The van der Waals surface area contributed by atoms with Crippen molar-refractivity contribution in [1.82, 2.24) is 15.3 Å². The molecule has 28 heavy (non-hydrogen) atoms. The van der Waals surface area contributed by atoms with E-state index in [1.807, 2.05) is 0 Å². The molecule has 5 N–H and O–H groups in total. The lowest BCUT2D eigenvalue weighted by Gasteiger charge is -2.08. The van der Waals surface area contributed by atoms with Crippen molar-refractivity contribution in [2.45, 2.75) is 12.1 Å². The topological polar surface area (TPSA) is 169 Å². The molecule has 0 unspecified atom stereocenters. The van der Waals surface area contributed by atoms with Gasteiger partial charge in [-0.15, -0.1) is 0 Å². The first-order chi connectivity index (χ1) is 13.3. The number of aromatic amines is 1. The average molecular weight is 474 g/mol. The van der Waals surface area contributed by atoms with Crippen molar-refractivity contribution in [3.05, 3.63) is 32.9 Å². The zero-order chi connectivity index (χ0) is 20.7. The van der Waals surface area contributed by atoms with E-state index in [0.29, 0.717) is 4.67 Å². The number of H-pyrrole nitrogens is 1. The normalized spacial score (nSPS) is 10.4. The predicted molar refractivity (Wildman–Crippen MR) is 104 cm³/mol. The lowest BCUT2D eigenvalue weighted by atomic mass is 10.4. The van der Waals surface area contributed by atoms with Crippen molar-refractivity contribution < 1.29 is 23.5 Å². The van der Waals surface area contributed by atoms with Crippen molar-refractivity contribution in [2.75, 3.05) is 30.0 Å². The molecule has 0 aliphatic heterocycles. The second kappa shape index (κ2) is 9.94. The second-order valence-electron chi connectivity index (χ2n) is 5.06. The van der Waals surface area contributed by atoms with Crippen LogP contribution >= 0.6 is 27.7 Å². The van der Waals surface area contributed by atoms with Gasteiger partial charge in [0.2, 0.25) is 5.91 Å². The molecule has 0 aliphatic carbocycles. The summed E-state index contributed by atoms with van der Waals surface area (Å²) < 4.78 is 10.1. The largest absolute Gasteiger partial charge is 0.465 e. The number of aromatic nitrogens is 2. The first kappa shape index (κ1) is 21.5. The number of halogens is 1. The van der Waals surface area contributed by atoms with E-state index in [1.165, 1.54) is 12.1 Å². The van der Waals surface area contributed by atoms with Crippen LogP contribution in [0.1, 0.15) is 17.5 Å². The van der Waals surface area contributed by atoms with Gasteiger partial charge in [0.05, 0.1) is 12.4 Å². The highest BCUT2D eigenvalue weighted by molar-refractivity contribution is 9.10. The lowest BCUT2D eigenvalue weighted by molar-refractivity contribution is -0.143. The Morgan fingerprint density at radius 1 is 1.39 bits per heavy atom. The molecule has 2 heterocycles. The fraction of sp³-hybridized carbons (Fsp3) is 0.267. The molecule has 0 saturated carbocycles. The summed E-state index contributed by atoms with van der Waals surface area (Å²) in [5.74, 6) is -2.06. The van der Waals surface area contributed by atoms with Gasteiger partial charge >= 0.3 is 5.97 Å². The van der Waals surface area contributed by atoms with Crippen LogP contribution in [0.2, 0.25) is 0 Å². The van der Waals surface area contributed by atoms with Gasteiger partial charge in [0.15, 0.2) is 27.1 Å². The third-order valence-corrected chi connectivity index (χ3v) is 4.34. The summed E-state index contributed by atoms with van der Waals surface area (Å²) >= 11 is 3.97. The number of esters is 1. The molecule has 2 aromatic rings. The molecule has 0 aliphatic rings. The maximum Gasteiger partial charge on any atom is 0.325 e. The van der Waals surface area contributed by atoms with Crippen molar-refractivity contribution >= 4 is 57.0 Å². The number of hydrogen-bond acceptors (Lipinski definition) is 9. The van der Waals surface area contributed by atoms with E-state index in [4.69, 9.17) is 10.2 Å². The summed E-state index contributed by atoms with van der Waals surface area (Å²) in [7, 11) is 0. The Labute approximate surface area is 170 Å². The van der Waals surface area contributed by atoms with Crippen LogP contribution < -0.4 is 21.9 Å². The molecule has 0 atom stereocenters. The minimum Gasteiger partial charge on any atom is -0.465 e. The number of carbonyl (C=O) groups is 3. The standard InChI is InChI=1S/C15H16BrN5O6S/c1-2-26-10(23)5-18-9(22)6-28-15-20-12(17)11(14(25)21-15)19-13(24)7-3-4-8(16)27-7/h3-4H,2,5-6H2,1H3,(H,18,22)(H,19,24)(H3,17,20,21,25). The summed E-state index contributed by atoms with van der Waals surface area (Å²) in [5, 5.41) is 4.76. The van der Waals surface area contributed by atoms with E-state index >= 15 is 0 Å². The highest BCUT2D eigenvalue weighted by Crippen LogP contribution is 2.19. The van der Waals surface area contributed by atoms with Crippen LogP contribution in [0, 0.1) is 0 Å². The van der Waals surface area contributed by atoms with Crippen LogP contribution in [0.15, 0.2) is 31.2 Å². The van der Waals surface area contributed by atoms with Gasteiger partial charge in [0, 0.05) is 0 Å². The van der Waals surface area contributed by atoms with Gasteiger partial charge in [-0.3, -0.25) is 24.2 Å². The van der Waals surface area contributed by atoms with E-state index in [-0.39, 0.29) is 41.3 Å². The van der Waals surface area contributed by atoms with Gasteiger partial charge in [-0.05, 0) is 35.0 Å². The number of thioether (sulfide) groups is 1. The van der Waals surface area contributed by atoms with E-state index in [0.717, 1.165) is 11.8 Å². The first-order valence-electron chi connectivity index (χ1n) is 7.81. The second-order valence-corrected chi connectivity index (χ2v) is 6.81. The number of nitrogens with zero attached hydrogens (tertiary/aromatic N) is 1. The molecule has 2 rings (SSSR count). The Morgan fingerprint density at radius 2 is 2.14 bits per heavy atom. The molecule has 150 valence electrons. The Bertz CT molecular complexity index is 943. The molecule has 0 fully saturated rings. The molecule has 2 aromatic heterocycles. The Balaban J connectivity index is 1.95. The van der Waals surface area contributed by atoms with Gasteiger partial charge in [0.25, 0.3) is 11.5 Å². The van der Waals surface area contributed by atoms with E-state index in [1.54, 1.807) is 6.92 Å². The molecule has 13 heteroatoms. The highest BCUT2D eigenvalue weighted by atomic mass is 79.9. The number of furan rings is 1. The Hall–Kier alpha value is -2.80. The number of ether oxygens (including phenoxy) is 1. The van der Waals surface area contributed by atoms with Crippen molar-refractivity contribution in [3.8, 4) is 0 Å². The van der Waals surface area contributed by atoms with Gasteiger partial charge in [-0.25, -0.2) is 4.98 Å². The summed E-state index contributed by atoms with van der Waals surface area (Å²) in [5.41, 5.74) is 4.80. The average Bonchev–Trinajstić information content (AvgIpc) is 3.08. The third kappa shape index (κ3) is 6.13. The summed E-state index contributed by atoms with van der Waals surface area (Å²) in [6, 6.07) is 2.93. The van der Waals surface area contributed by atoms with Crippen LogP contribution in [0.4, 0.5) is 11.5 Å². The summed E-state index contributed by atoms with van der Waals surface area (Å²) in [6.45, 7) is 1.61. The number of nitrogens with one attached hydrogen (secondary N) is 3. The number of anilines is 2. The highest BCUT2D eigenvalue weighted by Gasteiger charge is 2.17. The first-order valence-corrected chi connectivity index (χ1v) is 9.59. The number of hydrogen-bond donors (Lipinski definition) is 4. The zero-order valence-corrected chi connectivity index (χ0v) is 16.9. The van der Waals surface area contributed by atoms with Gasteiger partial charge in [0.1, 0.15) is 6.54 Å². The Kier molecular flexibility index (Phi) is 7.63. The molecular weight excluding hydrogens is 458 g/mol. The lowest BCUT2D eigenvalue weighted by Crippen LogP contribution is -2.32. The van der Waals surface area contributed by atoms with Crippen molar-refractivity contribution in [3.63, 3.8) is 0 Å². The molecular formula is C15H16BrN5O6S. The quantitative estimate of drug-likeness (QED) is 0.245. The molecule has 0 saturated heterocycles. The number of nitrogen functional groups attached to an aromatic ring is 1. The summed E-state index contributed by atoms with van der Waals surface area (Å²) in [4.78, 5) is 53.4. The maximum atomic E-state index is 12.2. The SMILES string of the molecule is CCOC(=O)CNC(=O)CSc1nc(N)c(NC(=O)c2ccc(Br)o2)c(=O)[nH]1. The van der Waals surface area contributed by atoms with Gasteiger partial charge in [-0.2, -0.15) is 0 Å². The third-order valence-electron chi connectivity index (χ3n) is 3.04.